The van der Waals surface area contributed by atoms with Crippen LogP contribution in [-0.2, 0) is 16.0 Å². The summed E-state index contributed by atoms with van der Waals surface area (Å²) in [6.07, 6.45) is -1.44. The molecular weight excluding hydrogens is 250 g/mol. The van der Waals surface area contributed by atoms with Crippen LogP contribution in [0.5, 0.6) is 0 Å². The number of benzene rings is 1. The molecule has 6 nitrogen and oxygen atoms in total. The molecule has 1 aliphatic heterocycles. The Labute approximate surface area is 109 Å². The Morgan fingerprint density at radius 2 is 1.84 bits per heavy atom. The van der Waals surface area contributed by atoms with Crippen LogP contribution in [0.25, 0.3) is 0 Å². The molecule has 1 aromatic rings. The van der Waals surface area contributed by atoms with Crippen LogP contribution in [0.4, 0.5) is 4.79 Å². The largest absolute Gasteiger partial charge is 0.480 e. The third-order valence-electron chi connectivity index (χ3n) is 3.22. The Hall–Kier alpha value is -2.37. The number of Topliss-reactive ketones (excluding diaryl/α,β-unsaturated/α-hetero) is 1. The molecular formula is C13H13NO5. The smallest absolute Gasteiger partial charge is 0.408 e. The van der Waals surface area contributed by atoms with E-state index in [1.54, 1.807) is 24.3 Å². The first-order valence-corrected chi connectivity index (χ1v) is 5.81. The van der Waals surface area contributed by atoms with Gasteiger partial charge in [0.05, 0.1) is 6.04 Å². The number of aliphatic carboxylic acids is 1. The summed E-state index contributed by atoms with van der Waals surface area (Å²) in [6.45, 7) is 0. The van der Waals surface area contributed by atoms with Crippen molar-refractivity contribution in [2.75, 3.05) is 0 Å². The predicted octanol–water partition coefficient (Wildman–Crippen LogP) is 1.00. The predicted molar refractivity (Wildman–Crippen MR) is 64.8 cm³/mol. The molecule has 1 aliphatic rings. The second-order valence-electron chi connectivity index (χ2n) is 4.42. The number of carboxylic acids is 1. The van der Waals surface area contributed by atoms with E-state index < -0.39 is 24.1 Å². The number of hydrogen-bond acceptors (Lipinski definition) is 3. The van der Waals surface area contributed by atoms with Gasteiger partial charge in [-0.05, 0) is 5.56 Å². The molecule has 0 radical (unpaired) electrons. The molecule has 2 rings (SSSR count). The molecule has 1 heterocycles. The molecule has 1 amide bonds. The summed E-state index contributed by atoms with van der Waals surface area (Å²) in [6, 6.07) is 6.75. The maximum atomic E-state index is 11.8. The molecule has 2 atom stereocenters. The summed E-state index contributed by atoms with van der Waals surface area (Å²) in [4.78, 5) is 34.8. The van der Waals surface area contributed by atoms with E-state index in [1.165, 1.54) is 0 Å². The van der Waals surface area contributed by atoms with Crippen molar-refractivity contribution in [2.45, 2.75) is 24.9 Å². The Kier molecular flexibility index (Phi) is 3.50. The van der Waals surface area contributed by atoms with Crippen LogP contribution in [0, 0.1) is 0 Å². The van der Waals surface area contributed by atoms with Gasteiger partial charge >= 0.3 is 12.1 Å². The van der Waals surface area contributed by atoms with Gasteiger partial charge in [0.1, 0.15) is 6.04 Å². The maximum absolute atomic E-state index is 11.8. The number of ketones is 1. The van der Waals surface area contributed by atoms with Gasteiger partial charge in [0.2, 0.25) is 0 Å². The molecule has 0 saturated carbocycles. The Morgan fingerprint density at radius 3 is 2.37 bits per heavy atom. The second kappa shape index (κ2) is 5.09. The molecule has 0 spiro atoms. The molecule has 1 fully saturated rings. The SMILES string of the molecule is O=C(O)C1CC(=O)C(Cc2ccccc2)N1C(=O)O. The first-order valence-electron chi connectivity index (χ1n) is 5.81. The average molecular weight is 263 g/mol. The van der Waals surface area contributed by atoms with E-state index in [0.717, 1.165) is 10.5 Å². The second-order valence-corrected chi connectivity index (χ2v) is 4.42. The number of carboxylic acid groups (broad SMARTS) is 2. The monoisotopic (exact) mass is 263 g/mol. The maximum Gasteiger partial charge on any atom is 0.408 e. The number of hydrogen-bond donors (Lipinski definition) is 2. The fraction of sp³-hybridized carbons (Fsp3) is 0.308. The third kappa shape index (κ3) is 2.57. The zero-order chi connectivity index (χ0) is 14.0. The lowest BCUT2D eigenvalue weighted by molar-refractivity contribution is -0.142. The number of rotatable bonds is 3. The molecule has 0 aromatic heterocycles. The quantitative estimate of drug-likeness (QED) is 0.848. The zero-order valence-electron chi connectivity index (χ0n) is 10.0. The van der Waals surface area contributed by atoms with Gasteiger partial charge in [0.25, 0.3) is 0 Å². The summed E-state index contributed by atoms with van der Waals surface area (Å²) < 4.78 is 0. The van der Waals surface area contributed by atoms with E-state index in [2.05, 4.69) is 0 Å². The standard InChI is InChI=1S/C13H13NO5/c15-11-7-10(12(16)17)14(13(18)19)9(11)6-8-4-2-1-3-5-8/h1-5,9-10H,6-7H2,(H,16,17)(H,18,19). The summed E-state index contributed by atoms with van der Waals surface area (Å²) in [5, 5.41) is 18.1. The summed E-state index contributed by atoms with van der Waals surface area (Å²) in [5.74, 6) is -1.63. The summed E-state index contributed by atoms with van der Waals surface area (Å²) >= 11 is 0. The fourth-order valence-electron chi connectivity index (χ4n) is 2.32. The van der Waals surface area contributed by atoms with Crippen LogP contribution in [0.1, 0.15) is 12.0 Å². The van der Waals surface area contributed by atoms with Gasteiger partial charge in [0, 0.05) is 12.8 Å². The number of amides is 1. The number of likely N-dealkylation sites (tertiary alicyclic amines) is 1. The number of carbonyl (C=O) groups excluding carboxylic acids is 1. The molecule has 1 saturated heterocycles. The van der Waals surface area contributed by atoms with Gasteiger partial charge < -0.3 is 10.2 Å². The van der Waals surface area contributed by atoms with Crippen LogP contribution >= 0.6 is 0 Å². The molecule has 6 heteroatoms. The van der Waals surface area contributed by atoms with E-state index in [-0.39, 0.29) is 18.6 Å². The normalized spacial score (nSPS) is 22.5. The highest BCUT2D eigenvalue weighted by Gasteiger charge is 2.46. The van der Waals surface area contributed by atoms with Crippen molar-refractivity contribution in [3.05, 3.63) is 35.9 Å². The van der Waals surface area contributed by atoms with Crippen LogP contribution in [0.3, 0.4) is 0 Å². The minimum absolute atomic E-state index is 0.204. The lowest BCUT2D eigenvalue weighted by Crippen LogP contribution is -2.45. The van der Waals surface area contributed by atoms with E-state index in [4.69, 9.17) is 10.2 Å². The van der Waals surface area contributed by atoms with Crippen molar-refractivity contribution < 1.29 is 24.6 Å². The summed E-state index contributed by atoms with van der Waals surface area (Å²) in [5.41, 5.74) is 0.804. The van der Waals surface area contributed by atoms with Crippen molar-refractivity contribution in [3.8, 4) is 0 Å². The highest BCUT2D eigenvalue weighted by molar-refractivity contribution is 5.97. The van der Waals surface area contributed by atoms with E-state index in [0.29, 0.717) is 0 Å². The highest BCUT2D eigenvalue weighted by atomic mass is 16.4. The van der Waals surface area contributed by atoms with Gasteiger partial charge in [-0.15, -0.1) is 0 Å². The van der Waals surface area contributed by atoms with Crippen LogP contribution in [0.15, 0.2) is 30.3 Å². The van der Waals surface area contributed by atoms with Crippen molar-refractivity contribution in [1.82, 2.24) is 4.90 Å². The molecule has 0 bridgehead atoms. The first kappa shape index (κ1) is 13.1. The Morgan fingerprint density at radius 1 is 1.21 bits per heavy atom. The highest BCUT2D eigenvalue weighted by Crippen LogP contribution is 2.24. The van der Waals surface area contributed by atoms with Crippen LogP contribution < -0.4 is 0 Å². The van der Waals surface area contributed by atoms with E-state index in [1.807, 2.05) is 6.07 Å². The Bertz CT molecular complexity index is 513. The van der Waals surface area contributed by atoms with Crippen molar-refractivity contribution >= 4 is 17.8 Å². The lowest BCUT2D eigenvalue weighted by atomic mass is 10.0. The topological polar surface area (TPSA) is 94.9 Å². The third-order valence-corrected chi connectivity index (χ3v) is 3.22. The molecule has 0 aliphatic carbocycles. The lowest BCUT2D eigenvalue weighted by Gasteiger charge is -2.23. The van der Waals surface area contributed by atoms with E-state index >= 15 is 0 Å². The van der Waals surface area contributed by atoms with Crippen molar-refractivity contribution in [2.24, 2.45) is 0 Å². The van der Waals surface area contributed by atoms with Gasteiger partial charge in [-0.2, -0.15) is 0 Å². The van der Waals surface area contributed by atoms with E-state index in [9.17, 15) is 14.4 Å². The molecule has 100 valence electrons. The van der Waals surface area contributed by atoms with Gasteiger partial charge in [-0.1, -0.05) is 30.3 Å². The Balaban J connectivity index is 2.25. The average Bonchev–Trinajstić information content (AvgIpc) is 2.68. The molecule has 2 N–H and O–H groups in total. The van der Waals surface area contributed by atoms with Crippen molar-refractivity contribution in [1.29, 1.82) is 0 Å². The van der Waals surface area contributed by atoms with Gasteiger partial charge in [-0.3, -0.25) is 9.69 Å². The first-order chi connectivity index (χ1) is 9.00. The molecule has 19 heavy (non-hydrogen) atoms. The zero-order valence-corrected chi connectivity index (χ0v) is 10.0. The van der Waals surface area contributed by atoms with Crippen molar-refractivity contribution in [3.63, 3.8) is 0 Å². The van der Waals surface area contributed by atoms with Gasteiger partial charge in [-0.25, -0.2) is 9.59 Å². The number of nitrogens with zero attached hydrogens (tertiary/aromatic N) is 1. The summed E-state index contributed by atoms with van der Waals surface area (Å²) in [7, 11) is 0. The number of carbonyl (C=O) groups is 3. The van der Waals surface area contributed by atoms with Gasteiger partial charge in [0.15, 0.2) is 5.78 Å². The fourth-order valence-corrected chi connectivity index (χ4v) is 2.32. The minimum Gasteiger partial charge on any atom is -0.480 e. The minimum atomic E-state index is -1.38. The van der Waals surface area contributed by atoms with Crippen LogP contribution in [0.2, 0.25) is 0 Å². The van der Waals surface area contributed by atoms with Crippen LogP contribution in [-0.4, -0.2) is 45.0 Å². The molecule has 1 aromatic carbocycles. The molecule has 2 unspecified atom stereocenters.